The monoisotopic (exact) mass is 369 g/mol. The van der Waals surface area contributed by atoms with Gasteiger partial charge in [-0.3, -0.25) is 4.55 Å². The Balaban J connectivity index is 1.96. The highest BCUT2D eigenvalue weighted by Crippen LogP contribution is 2.30. The molecule has 0 spiro atoms. The molecule has 1 aromatic carbocycles. The third-order valence-corrected chi connectivity index (χ3v) is 5.24. The van der Waals surface area contributed by atoms with Gasteiger partial charge in [0, 0.05) is 6.04 Å². The zero-order valence-corrected chi connectivity index (χ0v) is 16.0. The Morgan fingerprint density at radius 2 is 2.00 bits per heavy atom. The predicted molar refractivity (Wildman–Crippen MR) is 95.2 cm³/mol. The molecule has 0 bridgehead atoms. The summed E-state index contributed by atoms with van der Waals surface area (Å²) in [7, 11) is -4.19. The number of nitrogens with one attached hydrogen (secondary N) is 1. The molecule has 1 fully saturated rings. The SMILES string of the molecule is Cc1ccc(S(=O)(=O)O)cc1C[C@@H]1CC[C@@H](NC(=O)OC(C)(C)C)C1. The van der Waals surface area contributed by atoms with Crippen LogP contribution in [0.15, 0.2) is 23.1 Å². The number of benzene rings is 1. The molecule has 2 rings (SSSR count). The standard InChI is InChI=1S/C18H27NO5S/c1-12-5-8-16(25(21,22)23)11-14(12)9-13-6-7-15(10-13)19-17(20)24-18(2,3)4/h5,8,11,13,15H,6-7,9-10H2,1-4H3,(H,19,20)(H,21,22,23)/t13-,15+/m0/s1. The fourth-order valence-electron chi connectivity index (χ4n) is 3.20. The first-order chi connectivity index (χ1) is 11.4. The van der Waals surface area contributed by atoms with Crippen molar-refractivity contribution in [2.45, 2.75) is 69.9 Å². The molecule has 2 N–H and O–H groups in total. The van der Waals surface area contributed by atoms with Gasteiger partial charge in [0.2, 0.25) is 0 Å². The van der Waals surface area contributed by atoms with E-state index in [4.69, 9.17) is 4.74 Å². The molecule has 25 heavy (non-hydrogen) atoms. The van der Waals surface area contributed by atoms with Crippen molar-refractivity contribution in [3.63, 3.8) is 0 Å². The van der Waals surface area contributed by atoms with Crippen LogP contribution in [0.3, 0.4) is 0 Å². The largest absolute Gasteiger partial charge is 0.444 e. The number of hydrogen-bond acceptors (Lipinski definition) is 4. The summed E-state index contributed by atoms with van der Waals surface area (Å²) < 4.78 is 37.1. The molecule has 7 heteroatoms. The molecule has 0 radical (unpaired) electrons. The number of rotatable bonds is 4. The summed E-state index contributed by atoms with van der Waals surface area (Å²) in [5, 5.41) is 2.90. The first-order valence-corrected chi connectivity index (χ1v) is 9.94. The van der Waals surface area contributed by atoms with E-state index >= 15 is 0 Å². The highest BCUT2D eigenvalue weighted by molar-refractivity contribution is 7.85. The number of alkyl carbamates (subject to hydrolysis) is 1. The van der Waals surface area contributed by atoms with Gasteiger partial charge in [-0.05, 0) is 82.6 Å². The molecule has 2 atom stereocenters. The Bertz CT molecular complexity index is 736. The lowest BCUT2D eigenvalue weighted by Gasteiger charge is -2.22. The second kappa shape index (κ2) is 7.33. The summed E-state index contributed by atoms with van der Waals surface area (Å²) in [5.74, 6) is 0.357. The van der Waals surface area contributed by atoms with E-state index in [1.807, 2.05) is 27.7 Å². The highest BCUT2D eigenvalue weighted by Gasteiger charge is 2.28. The minimum atomic E-state index is -4.19. The maximum absolute atomic E-state index is 11.9. The highest BCUT2D eigenvalue weighted by atomic mass is 32.2. The topological polar surface area (TPSA) is 92.7 Å². The lowest BCUT2D eigenvalue weighted by molar-refractivity contribution is 0.0504. The smallest absolute Gasteiger partial charge is 0.407 e. The lowest BCUT2D eigenvalue weighted by Crippen LogP contribution is -2.38. The van der Waals surface area contributed by atoms with Crippen LogP contribution in [0.25, 0.3) is 0 Å². The van der Waals surface area contributed by atoms with Crippen molar-refractivity contribution in [1.29, 1.82) is 0 Å². The van der Waals surface area contributed by atoms with Crippen LogP contribution >= 0.6 is 0 Å². The van der Waals surface area contributed by atoms with Gasteiger partial charge in [0.1, 0.15) is 5.60 Å². The summed E-state index contributed by atoms with van der Waals surface area (Å²) in [4.78, 5) is 11.8. The zero-order chi connectivity index (χ0) is 18.8. The third-order valence-electron chi connectivity index (χ3n) is 4.39. The van der Waals surface area contributed by atoms with Crippen molar-refractivity contribution in [2.24, 2.45) is 5.92 Å². The van der Waals surface area contributed by atoms with Crippen LogP contribution in [-0.2, 0) is 21.3 Å². The van der Waals surface area contributed by atoms with Gasteiger partial charge < -0.3 is 10.1 Å². The molecule has 0 heterocycles. The first-order valence-electron chi connectivity index (χ1n) is 8.50. The van der Waals surface area contributed by atoms with Crippen LogP contribution < -0.4 is 5.32 Å². The Kier molecular flexibility index (Phi) is 5.79. The van der Waals surface area contributed by atoms with Gasteiger partial charge in [-0.25, -0.2) is 4.79 Å². The number of ether oxygens (including phenoxy) is 1. The van der Waals surface area contributed by atoms with Gasteiger partial charge in [0.15, 0.2) is 0 Å². The molecule has 0 aliphatic heterocycles. The predicted octanol–water partition coefficient (Wildman–Crippen LogP) is 3.48. The fourth-order valence-corrected chi connectivity index (χ4v) is 3.74. The van der Waals surface area contributed by atoms with Gasteiger partial charge in [0.25, 0.3) is 10.1 Å². The molecule has 1 amide bonds. The molecule has 140 valence electrons. The fraction of sp³-hybridized carbons (Fsp3) is 0.611. The van der Waals surface area contributed by atoms with E-state index in [0.29, 0.717) is 5.92 Å². The van der Waals surface area contributed by atoms with Crippen molar-refractivity contribution in [1.82, 2.24) is 5.32 Å². The van der Waals surface area contributed by atoms with E-state index in [1.54, 1.807) is 12.1 Å². The van der Waals surface area contributed by atoms with E-state index in [9.17, 15) is 17.8 Å². The van der Waals surface area contributed by atoms with E-state index < -0.39 is 21.8 Å². The molecule has 6 nitrogen and oxygen atoms in total. The minimum Gasteiger partial charge on any atom is -0.444 e. The Morgan fingerprint density at radius 3 is 2.60 bits per heavy atom. The van der Waals surface area contributed by atoms with Crippen molar-refractivity contribution in [2.75, 3.05) is 0 Å². The summed E-state index contributed by atoms with van der Waals surface area (Å²) >= 11 is 0. The molecule has 0 aromatic heterocycles. The zero-order valence-electron chi connectivity index (χ0n) is 15.2. The quantitative estimate of drug-likeness (QED) is 0.793. The van der Waals surface area contributed by atoms with Crippen LogP contribution in [0.1, 0.15) is 51.2 Å². The van der Waals surface area contributed by atoms with Gasteiger partial charge in [-0.1, -0.05) is 6.07 Å². The van der Waals surface area contributed by atoms with Crippen molar-refractivity contribution >= 4 is 16.2 Å². The number of carbonyl (C=O) groups is 1. The normalized spacial score (nSPS) is 21.2. The van der Waals surface area contributed by atoms with Gasteiger partial charge in [-0.2, -0.15) is 8.42 Å². The van der Waals surface area contributed by atoms with Crippen LogP contribution in [0.2, 0.25) is 0 Å². The molecular formula is C18H27NO5S. The molecule has 0 unspecified atom stereocenters. The molecule has 0 saturated heterocycles. The van der Waals surface area contributed by atoms with Crippen molar-refractivity contribution < 1.29 is 22.5 Å². The number of hydrogen-bond donors (Lipinski definition) is 2. The average Bonchev–Trinajstić information content (AvgIpc) is 2.85. The Morgan fingerprint density at radius 1 is 1.32 bits per heavy atom. The second-order valence-corrected chi connectivity index (χ2v) is 9.21. The van der Waals surface area contributed by atoms with Gasteiger partial charge >= 0.3 is 6.09 Å². The molecular weight excluding hydrogens is 342 g/mol. The number of carbonyl (C=O) groups excluding carboxylic acids is 1. The summed E-state index contributed by atoms with van der Waals surface area (Å²) in [6, 6.07) is 4.74. The van der Waals surface area contributed by atoms with Crippen LogP contribution in [0.5, 0.6) is 0 Å². The van der Waals surface area contributed by atoms with E-state index in [2.05, 4.69) is 5.32 Å². The van der Waals surface area contributed by atoms with Crippen molar-refractivity contribution in [3.8, 4) is 0 Å². The maximum Gasteiger partial charge on any atom is 0.407 e. The average molecular weight is 369 g/mol. The second-order valence-electron chi connectivity index (χ2n) is 7.79. The van der Waals surface area contributed by atoms with Crippen LogP contribution in [0, 0.1) is 12.8 Å². The Labute approximate surface area is 149 Å². The first kappa shape index (κ1) is 19.7. The summed E-state index contributed by atoms with van der Waals surface area (Å²) in [6.45, 7) is 7.41. The summed E-state index contributed by atoms with van der Waals surface area (Å²) in [6.07, 6.45) is 2.98. The molecule has 1 aliphatic rings. The Hall–Kier alpha value is -1.60. The number of aryl methyl sites for hydroxylation is 1. The van der Waals surface area contributed by atoms with Crippen molar-refractivity contribution in [3.05, 3.63) is 29.3 Å². The van der Waals surface area contributed by atoms with Crippen LogP contribution in [0.4, 0.5) is 4.79 Å². The lowest BCUT2D eigenvalue weighted by atomic mass is 9.95. The molecule has 1 aliphatic carbocycles. The third kappa shape index (κ3) is 6.01. The van der Waals surface area contributed by atoms with E-state index in [-0.39, 0.29) is 10.9 Å². The summed E-state index contributed by atoms with van der Waals surface area (Å²) in [5.41, 5.74) is 1.39. The van der Waals surface area contributed by atoms with Gasteiger partial charge in [-0.15, -0.1) is 0 Å². The molecule has 1 saturated carbocycles. The van der Waals surface area contributed by atoms with E-state index in [1.165, 1.54) is 6.07 Å². The number of amides is 1. The van der Waals surface area contributed by atoms with Gasteiger partial charge in [0.05, 0.1) is 4.90 Å². The van der Waals surface area contributed by atoms with Crippen LogP contribution in [-0.4, -0.2) is 30.7 Å². The minimum absolute atomic E-state index is 0.0740. The molecule has 1 aromatic rings. The van der Waals surface area contributed by atoms with E-state index in [0.717, 1.165) is 36.8 Å². The maximum atomic E-state index is 11.9.